The molecule has 0 aromatic carbocycles. The third-order valence-electron chi connectivity index (χ3n) is 4.40. The van der Waals surface area contributed by atoms with Crippen LogP contribution in [0.25, 0.3) is 0 Å². The number of piperidine rings is 1. The molecule has 5 heteroatoms. The van der Waals surface area contributed by atoms with Crippen LogP contribution in [0, 0.1) is 11.8 Å². The van der Waals surface area contributed by atoms with Crippen molar-refractivity contribution in [2.45, 2.75) is 32.0 Å². The van der Waals surface area contributed by atoms with Gasteiger partial charge in [0.15, 0.2) is 12.1 Å². The molecule has 0 amide bonds. The number of carbonyl (C=O) groups is 1. The normalized spacial score (nSPS) is 27.6. The molecule has 1 aliphatic carbocycles. The molecule has 20 heavy (non-hydrogen) atoms. The standard InChI is InChI=1S/C15H23NO4/c17-10-13-11(2-1-3-14(13)18)4-7-16-8-5-12(6-9-16)15(19)20/h1,3,10-12,15,17,19-20H,2,4-9H2. The number of hydrogen-bond donors (Lipinski definition) is 3. The van der Waals surface area contributed by atoms with Gasteiger partial charge in [0.1, 0.15) is 0 Å². The predicted molar refractivity (Wildman–Crippen MR) is 75.0 cm³/mol. The number of aliphatic hydroxyl groups is 3. The molecule has 3 N–H and O–H groups in total. The monoisotopic (exact) mass is 281 g/mol. The molecule has 1 fully saturated rings. The maximum absolute atomic E-state index is 11.6. The van der Waals surface area contributed by atoms with E-state index in [-0.39, 0.29) is 17.6 Å². The highest BCUT2D eigenvalue weighted by atomic mass is 16.5. The van der Waals surface area contributed by atoms with E-state index in [0.29, 0.717) is 5.57 Å². The van der Waals surface area contributed by atoms with Gasteiger partial charge >= 0.3 is 0 Å². The Bertz CT molecular complexity index is 395. The Morgan fingerprint density at radius 1 is 1.35 bits per heavy atom. The minimum absolute atomic E-state index is 0.0154. The summed E-state index contributed by atoms with van der Waals surface area (Å²) in [5.74, 6) is -0.0112. The number of ketones is 1. The summed E-state index contributed by atoms with van der Waals surface area (Å²) in [4.78, 5) is 13.9. The van der Waals surface area contributed by atoms with E-state index in [1.165, 1.54) is 6.08 Å². The molecule has 0 saturated carbocycles. The molecule has 1 saturated heterocycles. The molecule has 0 bridgehead atoms. The fourth-order valence-corrected chi connectivity index (χ4v) is 3.02. The predicted octanol–water partition coefficient (Wildman–Crippen LogP) is 0.986. The van der Waals surface area contributed by atoms with E-state index >= 15 is 0 Å². The molecule has 1 aliphatic heterocycles. The van der Waals surface area contributed by atoms with Gasteiger partial charge in [0.05, 0.1) is 6.26 Å². The van der Waals surface area contributed by atoms with Crippen molar-refractivity contribution in [3.63, 3.8) is 0 Å². The highest BCUT2D eigenvalue weighted by molar-refractivity contribution is 6.04. The lowest BCUT2D eigenvalue weighted by atomic mass is 9.85. The van der Waals surface area contributed by atoms with Gasteiger partial charge in [-0.2, -0.15) is 0 Å². The molecule has 0 radical (unpaired) electrons. The second-order valence-electron chi connectivity index (χ2n) is 5.67. The zero-order chi connectivity index (χ0) is 14.5. The van der Waals surface area contributed by atoms with Gasteiger partial charge in [0, 0.05) is 11.5 Å². The molecule has 2 aliphatic rings. The van der Waals surface area contributed by atoms with Crippen molar-refractivity contribution in [1.82, 2.24) is 4.90 Å². The number of rotatable bonds is 4. The Kier molecular flexibility index (Phi) is 5.34. The van der Waals surface area contributed by atoms with Gasteiger partial charge in [0.2, 0.25) is 0 Å². The number of carbonyl (C=O) groups excluding carboxylic acids is 1. The molecule has 0 aromatic rings. The molecule has 1 heterocycles. The lowest BCUT2D eigenvalue weighted by molar-refractivity contribution is -0.112. The van der Waals surface area contributed by atoms with Crippen molar-refractivity contribution in [2.24, 2.45) is 11.8 Å². The Hall–Kier alpha value is -1.17. The van der Waals surface area contributed by atoms with Crippen molar-refractivity contribution in [2.75, 3.05) is 19.6 Å². The van der Waals surface area contributed by atoms with Crippen molar-refractivity contribution in [1.29, 1.82) is 0 Å². The van der Waals surface area contributed by atoms with Crippen LogP contribution in [0.3, 0.4) is 0 Å². The zero-order valence-corrected chi connectivity index (χ0v) is 11.6. The van der Waals surface area contributed by atoms with E-state index in [1.807, 2.05) is 6.08 Å². The third-order valence-corrected chi connectivity index (χ3v) is 4.40. The topological polar surface area (TPSA) is 81.0 Å². The van der Waals surface area contributed by atoms with E-state index in [0.717, 1.165) is 51.6 Å². The average molecular weight is 281 g/mol. The second kappa shape index (κ2) is 7.02. The van der Waals surface area contributed by atoms with Crippen LogP contribution < -0.4 is 0 Å². The summed E-state index contributed by atoms with van der Waals surface area (Å²) in [7, 11) is 0. The summed E-state index contributed by atoms with van der Waals surface area (Å²) < 4.78 is 0. The second-order valence-corrected chi connectivity index (χ2v) is 5.67. The average Bonchev–Trinajstić information content (AvgIpc) is 2.45. The largest absolute Gasteiger partial charge is 0.515 e. The highest BCUT2D eigenvalue weighted by Gasteiger charge is 2.26. The van der Waals surface area contributed by atoms with Crippen LogP contribution in [0.2, 0.25) is 0 Å². The van der Waals surface area contributed by atoms with Gasteiger partial charge in [-0.1, -0.05) is 6.08 Å². The first-order valence-electron chi connectivity index (χ1n) is 7.25. The molecular weight excluding hydrogens is 258 g/mol. The van der Waals surface area contributed by atoms with Gasteiger partial charge in [-0.3, -0.25) is 4.79 Å². The molecule has 1 atom stereocenters. The maximum Gasteiger partial charge on any atom is 0.184 e. The van der Waals surface area contributed by atoms with E-state index in [2.05, 4.69) is 4.90 Å². The fraction of sp³-hybridized carbons (Fsp3) is 0.667. The summed E-state index contributed by atoms with van der Waals surface area (Å²) in [5, 5.41) is 27.5. The molecule has 112 valence electrons. The lowest BCUT2D eigenvalue weighted by Gasteiger charge is -2.33. The third kappa shape index (κ3) is 3.69. The van der Waals surface area contributed by atoms with E-state index < -0.39 is 6.29 Å². The summed E-state index contributed by atoms with van der Waals surface area (Å²) >= 11 is 0. The highest BCUT2D eigenvalue weighted by Crippen LogP contribution is 2.26. The van der Waals surface area contributed by atoms with Crippen LogP contribution >= 0.6 is 0 Å². The molecule has 0 spiro atoms. The minimum Gasteiger partial charge on any atom is -0.515 e. The number of nitrogens with zero attached hydrogens (tertiary/aromatic N) is 1. The Balaban J connectivity index is 1.79. The quantitative estimate of drug-likeness (QED) is 0.407. The summed E-state index contributed by atoms with van der Waals surface area (Å²) in [5.41, 5.74) is 0.508. The van der Waals surface area contributed by atoms with Crippen molar-refractivity contribution < 1.29 is 20.1 Å². The summed E-state index contributed by atoms with van der Waals surface area (Å²) in [6.45, 7) is 2.59. The van der Waals surface area contributed by atoms with E-state index in [9.17, 15) is 9.90 Å². The minimum atomic E-state index is -1.21. The number of likely N-dealkylation sites (tertiary alicyclic amines) is 1. The number of hydrogen-bond acceptors (Lipinski definition) is 5. The smallest absolute Gasteiger partial charge is 0.184 e. The van der Waals surface area contributed by atoms with E-state index in [1.54, 1.807) is 0 Å². The van der Waals surface area contributed by atoms with Gasteiger partial charge < -0.3 is 20.2 Å². The molecular formula is C15H23NO4. The van der Waals surface area contributed by atoms with Crippen LogP contribution in [-0.2, 0) is 4.79 Å². The van der Waals surface area contributed by atoms with Crippen molar-refractivity contribution in [3.8, 4) is 0 Å². The first-order chi connectivity index (χ1) is 9.61. The van der Waals surface area contributed by atoms with Crippen LogP contribution in [0.5, 0.6) is 0 Å². The van der Waals surface area contributed by atoms with Crippen molar-refractivity contribution >= 4 is 5.78 Å². The molecule has 5 nitrogen and oxygen atoms in total. The number of aliphatic hydroxyl groups excluding tert-OH is 2. The van der Waals surface area contributed by atoms with Crippen LogP contribution in [-0.4, -0.2) is 51.9 Å². The first kappa shape index (κ1) is 15.2. The Morgan fingerprint density at radius 3 is 2.65 bits per heavy atom. The summed E-state index contributed by atoms with van der Waals surface area (Å²) in [6, 6.07) is 0. The van der Waals surface area contributed by atoms with Gasteiger partial charge in [-0.05, 0) is 57.3 Å². The van der Waals surface area contributed by atoms with Crippen LogP contribution in [0.1, 0.15) is 25.7 Å². The van der Waals surface area contributed by atoms with Crippen LogP contribution in [0.4, 0.5) is 0 Å². The maximum atomic E-state index is 11.6. The SMILES string of the molecule is O=C1C=CCC(CCN2CCC(C(O)O)CC2)C1=CO. The zero-order valence-electron chi connectivity index (χ0n) is 11.6. The molecule has 0 aromatic heterocycles. The Labute approximate surface area is 119 Å². The van der Waals surface area contributed by atoms with Gasteiger partial charge in [-0.15, -0.1) is 0 Å². The summed E-state index contributed by atoms with van der Waals surface area (Å²) in [6.07, 6.45) is 6.36. The van der Waals surface area contributed by atoms with Crippen molar-refractivity contribution in [3.05, 3.63) is 24.0 Å². The fourth-order valence-electron chi connectivity index (χ4n) is 3.02. The Morgan fingerprint density at radius 2 is 2.05 bits per heavy atom. The van der Waals surface area contributed by atoms with Crippen LogP contribution in [0.15, 0.2) is 24.0 Å². The first-order valence-corrected chi connectivity index (χ1v) is 7.25. The lowest BCUT2D eigenvalue weighted by Crippen LogP contribution is -2.38. The molecule has 2 rings (SSSR count). The molecule has 1 unspecified atom stereocenters. The van der Waals surface area contributed by atoms with Gasteiger partial charge in [-0.25, -0.2) is 0 Å². The van der Waals surface area contributed by atoms with E-state index in [4.69, 9.17) is 10.2 Å². The number of allylic oxidation sites excluding steroid dienone is 3. The van der Waals surface area contributed by atoms with Gasteiger partial charge in [0.25, 0.3) is 0 Å².